The molecule has 0 radical (unpaired) electrons. The van der Waals surface area contributed by atoms with Crippen molar-refractivity contribution in [3.63, 3.8) is 0 Å². The summed E-state index contributed by atoms with van der Waals surface area (Å²) in [4.78, 5) is 17.7. The predicted molar refractivity (Wildman–Crippen MR) is 93.8 cm³/mol. The number of nitrogens with one attached hydrogen (secondary N) is 2. The first-order chi connectivity index (χ1) is 11.2. The molecule has 124 valence electrons. The highest BCUT2D eigenvalue weighted by Crippen LogP contribution is 2.23. The SMILES string of the molecule is CC1CCC(NC(=O)CSc2n[nH]c(Cc3cccs3)n2)CC1. The van der Waals surface area contributed by atoms with Gasteiger partial charge in [-0.15, -0.1) is 16.4 Å². The van der Waals surface area contributed by atoms with Crippen LogP contribution in [0, 0.1) is 5.92 Å². The highest BCUT2D eigenvalue weighted by molar-refractivity contribution is 7.99. The number of carbonyl (C=O) groups excluding carboxylic acids is 1. The number of aromatic nitrogens is 3. The third kappa shape index (κ3) is 5.07. The van der Waals surface area contributed by atoms with E-state index in [9.17, 15) is 4.79 Å². The standard InChI is InChI=1S/C16H22N4OS2/c1-11-4-6-12(7-5-11)17-15(21)10-23-16-18-14(19-20-16)9-13-3-2-8-22-13/h2-3,8,11-12H,4-7,9-10H2,1H3,(H,17,21)(H,18,19,20). The van der Waals surface area contributed by atoms with Gasteiger partial charge >= 0.3 is 0 Å². The zero-order valence-corrected chi connectivity index (χ0v) is 14.9. The number of amides is 1. The van der Waals surface area contributed by atoms with E-state index in [4.69, 9.17) is 0 Å². The van der Waals surface area contributed by atoms with Crippen LogP contribution < -0.4 is 5.32 Å². The average molecular weight is 351 g/mol. The molecule has 0 atom stereocenters. The number of hydrogen-bond acceptors (Lipinski definition) is 5. The van der Waals surface area contributed by atoms with E-state index in [0.29, 0.717) is 17.0 Å². The fourth-order valence-corrected chi connectivity index (χ4v) is 4.14. The van der Waals surface area contributed by atoms with Crippen LogP contribution in [-0.2, 0) is 11.2 Å². The summed E-state index contributed by atoms with van der Waals surface area (Å²) >= 11 is 3.10. The maximum atomic E-state index is 12.0. The number of nitrogens with zero attached hydrogens (tertiary/aromatic N) is 2. The van der Waals surface area contributed by atoms with Crippen molar-refractivity contribution in [3.8, 4) is 0 Å². The minimum atomic E-state index is 0.0826. The molecule has 1 saturated carbocycles. The molecule has 7 heteroatoms. The Labute approximate surface area is 144 Å². The van der Waals surface area contributed by atoms with Gasteiger partial charge in [0.2, 0.25) is 11.1 Å². The number of thiophene rings is 1. The lowest BCUT2D eigenvalue weighted by molar-refractivity contribution is -0.119. The molecule has 23 heavy (non-hydrogen) atoms. The van der Waals surface area contributed by atoms with E-state index in [1.807, 2.05) is 6.07 Å². The van der Waals surface area contributed by atoms with Crippen LogP contribution >= 0.6 is 23.1 Å². The van der Waals surface area contributed by atoms with Crippen LogP contribution in [0.15, 0.2) is 22.7 Å². The van der Waals surface area contributed by atoms with Crippen molar-refractivity contribution in [2.75, 3.05) is 5.75 Å². The molecule has 5 nitrogen and oxygen atoms in total. The van der Waals surface area contributed by atoms with Gasteiger partial charge in [-0.2, -0.15) is 0 Å². The van der Waals surface area contributed by atoms with Crippen molar-refractivity contribution in [2.45, 2.75) is 50.2 Å². The minimum Gasteiger partial charge on any atom is -0.353 e. The molecule has 0 unspecified atom stereocenters. The van der Waals surface area contributed by atoms with Crippen LogP contribution in [0.2, 0.25) is 0 Å². The van der Waals surface area contributed by atoms with Crippen molar-refractivity contribution in [2.24, 2.45) is 5.92 Å². The van der Waals surface area contributed by atoms with Gasteiger partial charge in [-0.1, -0.05) is 24.8 Å². The molecule has 1 fully saturated rings. The first-order valence-electron chi connectivity index (χ1n) is 8.05. The van der Waals surface area contributed by atoms with Crippen LogP contribution in [0.1, 0.15) is 43.3 Å². The van der Waals surface area contributed by atoms with Crippen LogP contribution in [0.3, 0.4) is 0 Å². The minimum absolute atomic E-state index is 0.0826. The molecule has 3 rings (SSSR count). The molecule has 2 heterocycles. The third-order valence-electron chi connectivity index (χ3n) is 4.15. The molecule has 0 saturated heterocycles. The van der Waals surface area contributed by atoms with Crippen LogP contribution in [0.5, 0.6) is 0 Å². The van der Waals surface area contributed by atoms with E-state index in [0.717, 1.165) is 31.0 Å². The normalized spacial score (nSPS) is 21.3. The first kappa shape index (κ1) is 16.5. The van der Waals surface area contributed by atoms with E-state index < -0.39 is 0 Å². The Bertz CT molecular complexity index is 618. The summed E-state index contributed by atoms with van der Waals surface area (Å²) in [6.45, 7) is 2.28. The molecule has 1 aliphatic rings. The second-order valence-corrected chi connectivity index (χ2v) is 8.11. The lowest BCUT2D eigenvalue weighted by atomic mass is 9.87. The Kier molecular flexibility index (Phi) is 5.72. The van der Waals surface area contributed by atoms with Gasteiger partial charge in [0.15, 0.2) is 0 Å². The molecule has 2 aromatic heterocycles. The lowest BCUT2D eigenvalue weighted by Gasteiger charge is -2.26. The molecule has 2 aromatic rings. The van der Waals surface area contributed by atoms with E-state index in [1.165, 1.54) is 29.5 Å². The Hall–Kier alpha value is -1.34. The van der Waals surface area contributed by atoms with Crippen molar-refractivity contribution in [3.05, 3.63) is 28.2 Å². The van der Waals surface area contributed by atoms with Gasteiger partial charge in [-0.25, -0.2) is 4.98 Å². The monoisotopic (exact) mass is 350 g/mol. The molecule has 2 N–H and O–H groups in total. The Morgan fingerprint density at radius 2 is 2.26 bits per heavy atom. The van der Waals surface area contributed by atoms with Gasteiger partial charge in [-0.3, -0.25) is 9.89 Å². The van der Waals surface area contributed by atoms with Gasteiger partial charge in [-0.05, 0) is 43.0 Å². The van der Waals surface area contributed by atoms with Gasteiger partial charge in [0.05, 0.1) is 5.75 Å². The zero-order valence-electron chi connectivity index (χ0n) is 13.2. The van der Waals surface area contributed by atoms with Crippen molar-refractivity contribution < 1.29 is 4.79 Å². The van der Waals surface area contributed by atoms with Gasteiger partial charge in [0, 0.05) is 17.3 Å². The molecular formula is C16H22N4OS2. The maximum absolute atomic E-state index is 12.0. The Morgan fingerprint density at radius 1 is 1.43 bits per heavy atom. The predicted octanol–water partition coefficient (Wildman–Crippen LogP) is 3.24. The molecule has 1 aliphatic carbocycles. The lowest BCUT2D eigenvalue weighted by Crippen LogP contribution is -2.38. The summed E-state index contributed by atoms with van der Waals surface area (Å²) in [5.74, 6) is 2.10. The number of carbonyl (C=O) groups is 1. The Balaban J connectivity index is 1.41. The summed E-state index contributed by atoms with van der Waals surface area (Å²) in [5.41, 5.74) is 0. The number of thioether (sulfide) groups is 1. The fraction of sp³-hybridized carbons (Fsp3) is 0.562. The molecule has 1 amide bonds. The molecule has 0 bridgehead atoms. The quantitative estimate of drug-likeness (QED) is 0.785. The van der Waals surface area contributed by atoms with E-state index in [1.54, 1.807) is 11.3 Å². The van der Waals surface area contributed by atoms with Crippen molar-refractivity contribution in [1.29, 1.82) is 0 Å². The van der Waals surface area contributed by atoms with Crippen LogP contribution in [0.25, 0.3) is 0 Å². The Morgan fingerprint density at radius 3 is 3.00 bits per heavy atom. The summed E-state index contributed by atoms with van der Waals surface area (Å²) in [5, 5.41) is 12.9. The third-order valence-corrected chi connectivity index (χ3v) is 5.87. The second-order valence-electron chi connectivity index (χ2n) is 6.13. The van der Waals surface area contributed by atoms with Gasteiger partial charge in [0.1, 0.15) is 5.82 Å². The van der Waals surface area contributed by atoms with Crippen molar-refractivity contribution in [1.82, 2.24) is 20.5 Å². The largest absolute Gasteiger partial charge is 0.353 e. The average Bonchev–Trinajstić information content (AvgIpc) is 3.20. The summed E-state index contributed by atoms with van der Waals surface area (Å²) in [6.07, 6.45) is 5.39. The van der Waals surface area contributed by atoms with Crippen LogP contribution in [0.4, 0.5) is 0 Å². The number of H-pyrrole nitrogens is 1. The van der Waals surface area contributed by atoms with E-state index in [-0.39, 0.29) is 5.91 Å². The zero-order chi connectivity index (χ0) is 16.1. The maximum Gasteiger partial charge on any atom is 0.230 e. The van der Waals surface area contributed by atoms with Crippen LogP contribution in [-0.4, -0.2) is 32.9 Å². The van der Waals surface area contributed by atoms with E-state index >= 15 is 0 Å². The summed E-state index contributed by atoms with van der Waals surface area (Å²) in [6, 6.07) is 4.46. The molecular weight excluding hydrogens is 328 g/mol. The summed E-state index contributed by atoms with van der Waals surface area (Å²) < 4.78 is 0. The molecule has 0 spiro atoms. The van der Waals surface area contributed by atoms with Gasteiger partial charge in [0.25, 0.3) is 0 Å². The number of hydrogen-bond donors (Lipinski definition) is 2. The highest BCUT2D eigenvalue weighted by Gasteiger charge is 2.19. The van der Waals surface area contributed by atoms with Crippen molar-refractivity contribution >= 4 is 29.0 Å². The fourth-order valence-electron chi connectivity index (χ4n) is 2.80. The number of aromatic amines is 1. The highest BCUT2D eigenvalue weighted by atomic mass is 32.2. The molecule has 0 aromatic carbocycles. The number of rotatable bonds is 6. The topological polar surface area (TPSA) is 70.7 Å². The molecule has 0 aliphatic heterocycles. The van der Waals surface area contributed by atoms with Gasteiger partial charge < -0.3 is 5.32 Å². The van der Waals surface area contributed by atoms with E-state index in [2.05, 4.69) is 38.9 Å². The first-order valence-corrected chi connectivity index (χ1v) is 9.91. The second kappa shape index (κ2) is 7.97. The summed E-state index contributed by atoms with van der Waals surface area (Å²) in [7, 11) is 0. The smallest absolute Gasteiger partial charge is 0.230 e.